The van der Waals surface area contributed by atoms with E-state index in [9.17, 15) is 18.8 Å². The van der Waals surface area contributed by atoms with E-state index in [0.717, 1.165) is 31.2 Å². The van der Waals surface area contributed by atoms with E-state index in [1.807, 2.05) is 13.0 Å². The maximum atomic E-state index is 13.4. The molecular formula is C24H29FN4O3. The number of aromatic nitrogens is 1. The largest absolute Gasteiger partial charge is 0.352 e. The van der Waals surface area contributed by atoms with Gasteiger partial charge in [-0.1, -0.05) is 19.3 Å². The molecule has 3 rings (SSSR count). The number of halogens is 1. The number of carbonyl (C=O) groups excluding carboxylic acids is 3. The standard InChI is InChI=1S/C24H29FN4O3/c1-17-13-14-26-21(15-17)28-22(30)11-12-24(32)29(20-9-7-18(25)8-10-20)16-23(31)27-19-5-3-2-4-6-19/h7-10,13-15,19H,2-6,11-12,16H2,1H3,(H,27,31)(H,26,28,30). The Morgan fingerprint density at radius 1 is 1.03 bits per heavy atom. The molecule has 32 heavy (non-hydrogen) atoms. The van der Waals surface area contributed by atoms with Crippen molar-refractivity contribution in [3.8, 4) is 0 Å². The summed E-state index contributed by atoms with van der Waals surface area (Å²) in [5.41, 5.74) is 1.37. The van der Waals surface area contributed by atoms with Gasteiger partial charge in [-0.05, 0) is 61.7 Å². The van der Waals surface area contributed by atoms with E-state index in [1.165, 1.54) is 35.6 Å². The number of nitrogens with one attached hydrogen (secondary N) is 2. The molecule has 1 aromatic carbocycles. The number of pyridine rings is 1. The van der Waals surface area contributed by atoms with Crippen molar-refractivity contribution in [2.45, 2.75) is 57.9 Å². The van der Waals surface area contributed by atoms with Crippen molar-refractivity contribution in [3.05, 3.63) is 54.0 Å². The van der Waals surface area contributed by atoms with Crippen LogP contribution in [-0.4, -0.2) is 35.3 Å². The smallest absolute Gasteiger partial charge is 0.240 e. The fraction of sp³-hybridized carbons (Fsp3) is 0.417. The molecule has 2 N–H and O–H groups in total. The Kier molecular flexibility index (Phi) is 8.30. The number of nitrogens with zero attached hydrogens (tertiary/aromatic N) is 2. The first-order valence-corrected chi connectivity index (χ1v) is 11.0. The minimum atomic E-state index is -0.433. The van der Waals surface area contributed by atoms with Gasteiger partial charge in [-0.2, -0.15) is 0 Å². The molecule has 1 fully saturated rings. The number of amides is 3. The van der Waals surface area contributed by atoms with Crippen LogP contribution in [0.5, 0.6) is 0 Å². The van der Waals surface area contributed by atoms with Gasteiger partial charge in [0.25, 0.3) is 0 Å². The molecule has 0 unspecified atom stereocenters. The van der Waals surface area contributed by atoms with Crippen LogP contribution in [-0.2, 0) is 14.4 Å². The predicted molar refractivity (Wildman–Crippen MR) is 121 cm³/mol. The predicted octanol–water partition coefficient (Wildman–Crippen LogP) is 3.73. The zero-order valence-corrected chi connectivity index (χ0v) is 18.3. The molecule has 1 aromatic heterocycles. The molecule has 170 valence electrons. The highest BCUT2D eigenvalue weighted by atomic mass is 19.1. The van der Waals surface area contributed by atoms with Crippen LogP contribution in [0.1, 0.15) is 50.5 Å². The second-order valence-electron chi connectivity index (χ2n) is 8.13. The molecule has 1 saturated carbocycles. The summed E-state index contributed by atoms with van der Waals surface area (Å²) < 4.78 is 13.4. The molecule has 0 radical (unpaired) electrons. The maximum Gasteiger partial charge on any atom is 0.240 e. The SMILES string of the molecule is Cc1ccnc(NC(=O)CCC(=O)N(CC(=O)NC2CCCCC2)c2ccc(F)cc2)c1. The summed E-state index contributed by atoms with van der Waals surface area (Å²) in [6.45, 7) is 1.71. The molecule has 0 saturated heterocycles. The molecule has 0 aliphatic heterocycles. The van der Waals surface area contributed by atoms with Crippen molar-refractivity contribution in [1.82, 2.24) is 10.3 Å². The van der Waals surface area contributed by atoms with Gasteiger partial charge in [-0.15, -0.1) is 0 Å². The van der Waals surface area contributed by atoms with Gasteiger partial charge >= 0.3 is 0 Å². The average molecular weight is 441 g/mol. The molecular weight excluding hydrogens is 411 g/mol. The van der Waals surface area contributed by atoms with Gasteiger partial charge in [0.15, 0.2) is 0 Å². The molecule has 1 heterocycles. The highest BCUT2D eigenvalue weighted by Gasteiger charge is 2.22. The number of aryl methyl sites for hydroxylation is 1. The second kappa shape index (κ2) is 11.4. The highest BCUT2D eigenvalue weighted by molar-refractivity contribution is 6.01. The van der Waals surface area contributed by atoms with Crippen LogP contribution >= 0.6 is 0 Å². The minimum absolute atomic E-state index is 0.0591. The molecule has 8 heteroatoms. The number of hydrogen-bond acceptors (Lipinski definition) is 4. The van der Waals surface area contributed by atoms with Gasteiger partial charge in [-0.25, -0.2) is 9.37 Å². The zero-order chi connectivity index (χ0) is 22.9. The summed E-state index contributed by atoms with van der Waals surface area (Å²) in [5.74, 6) is -1.00. The summed E-state index contributed by atoms with van der Waals surface area (Å²) in [7, 11) is 0. The normalized spacial score (nSPS) is 13.9. The lowest BCUT2D eigenvalue weighted by Crippen LogP contribution is -2.45. The van der Waals surface area contributed by atoms with Gasteiger partial charge in [0.1, 0.15) is 18.2 Å². The molecule has 0 bridgehead atoms. The number of rotatable bonds is 8. The van der Waals surface area contributed by atoms with Gasteiger partial charge in [0.2, 0.25) is 17.7 Å². The molecule has 0 spiro atoms. The van der Waals surface area contributed by atoms with E-state index >= 15 is 0 Å². The van der Waals surface area contributed by atoms with E-state index in [1.54, 1.807) is 12.3 Å². The van der Waals surface area contributed by atoms with Gasteiger partial charge in [0.05, 0.1) is 0 Å². The van der Waals surface area contributed by atoms with E-state index < -0.39 is 5.82 Å². The Morgan fingerprint density at radius 2 is 1.75 bits per heavy atom. The van der Waals surface area contributed by atoms with Crippen LogP contribution in [0.4, 0.5) is 15.9 Å². The summed E-state index contributed by atoms with van der Waals surface area (Å²) >= 11 is 0. The molecule has 1 aliphatic rings. The average Bonchev–Trinajstić information content (AvgIpc) is 2.77. The Balaban J connectivity index is 1.61. The maximum absolute atomic E-state index is 13.4. The number of carbonyl (C=O) groups is 3. The lowest BCUT2D eigenvalue weighted by molar-refractivity contribution is -0.125. The number of hydrogen-bond donors (Lipinski definition) is 2. The molecule has 1 aliphatic carbocycles. The topological polar surface area (TPSA) is 91.4 Å². The second-order valence-corrected chi connectivity index (χ2v) is 8.13. The number of anilines is 2. The van der Waals surface area contributed by atoms with E-state index in [0.29, 0.717) is 11.5 Å². The van der Waals surface area contributed by atoms with Crippen LogP contribution < -0.4 is 15.5 Å². The zero-order valence-electron chi connectivity index (χ0n) is 18.3. The van der Waals surface area contributed by atoms with Gasteiger partial charge in [-0.3, -0.25) is 14.4 Å². The quantitative estimate of drug-likeness (QED) is 0.654. The fourth-order valence-electron chi connectivity index (χ4n) is 3.77. The third kappa shape index (κ3) is 7.14. The first-order chi connectivity index (χ1) is 15.4. The van der Waals surface area contributed by atoms with Crippen LogP contribution in [0.15, 0.2) is 42.6 Å². The lowest BCUT2D eigenvalue weighted by Gasteiger charge is -2.26. The van der Waals surface area contributed by atoms with Crippen molar-refractivity contribution in [2.75, 3.05) is 16.8 Å². The molecule has 0 atom stereocenters. The van der Waals surface area contributed by atoms with Crippen LogP contribution in [0, 0.1) is 12.7 Å². The Bertz CT molecular complexity index is 943. The van der Waals surface area contributed by atoms with Crippen molar-refractivity contribution in [3.63, 3.8) is 0 Å². The Morgan fingerprint density at radius 3 is 2.44 bits per heavy atom. The summed E-state index contributed by atoms with van der Waals surface area (Å²) in [4.78, 5) is 43.2. The third-order valence-electron chi connectivity index (χ3n) is 5.46. The number of benzene rings is 1. The highest BCUT2D eigenvalue weighted by Crippen LogP contribution is 2.19. The summed E-state index contributed by atoms with van der Waals surface area (Å²) in [5, 5.41) is 5.66. The van der Waals surface area contributed by atoms with E-state index in [-0.39, 0.29) is 43.1 Å². The van der Waals surface area contributed by atoms with Crippen molar-refractivity contribution >= 4 is 29.2 Å². The molecule has 2 aromatic rings. The van der Waals surface area contributed by atoms with Crippen molar-refractivity contribution < 1.29 is 18.8 Å². The van der Waals surface area contributed by atoms with Crippen LogP contribution in [0.2, 0.25) is 0 Å². The minimum Gasteiger partial charge on any atom is -0.352 e. The van der Waals surface area contributed by atoms with Crippen molar-refractivity contribution in [2.24, 2.45) is 0 Å². The summed E-state index contributed by atoms with van der Waals surface area (Å²) in [6, 6.07) is 9.07. The fourth-order valence-corrected chi connectivity index (χ4v) is 3.77. The first-order valence-electron chi connectivity index (χ1n) is 11.0. The Hall–Kier alpha value is -3.29. The van der Waals surface area contributed by atoms with Crippen LogP contribution in [0.3, 0.4) is 0 Å². The third-order valence-corrected chi connectivity index (χ3v) is 5.46. The summed E-state index contributed by atoms with van der Waals surface area (Å²) in [6.07, 6.45) is 6.64. The Labute approximate surface area is 187 Å². The van der Waals surface area contributed by atoms with Crippen LogP contribution in [0.25, 0.3) is 0 Å². The lowest BCUT2D eigenvalue weighted by atomic mass is 9.95. The van der Waals surface area contributed by atoms with Crippen molar-refractivity contribution in [1.29, 1.82) is 0 Å². The van der Waals surface area contributed by atoms with E-state index in [4.69, 9.17) is 0 Å². The molecule has 3 amide bonds. The monoisotopic (exact) mass is 440 g/mol. The van der Waals surface area contributed by atoms with E-state index in [2.05, 4.69) is 15.6 Å². The van der Waals surface area contributed by atoms with Gasteiger partial charge in [0, 0.05) is 30.8 Å². The van der Waals surface area contributed by atoms with Gasteiger partial charge < -0.3 is 15.5 Å². The first kappa shape index (κ1) is 23.4. The molecule has 7 nitrogen and oxygen atoms in total.